The zero-order chi connectivity index (χ0) is 25.1. The average molecular weight is 469 g/mol. The first-order valence-corrected chi connectivity index (χ1v) is 11.1. The maximum absolute atomic E-state index is 13.3. The molecule has 0 spiro atoms. The van der Waals surface area contributed by atoms with E-state index in [1.807, 2.05) is 19.9 Å². The van der Waals surface area contributed by atoms with Gasteiger partial charge in [0.15, 0.2) is 0 Å². The Kier molecular flexibility index (Phi) is 6.56. The largest absolute Gasteiger partial charge is 0.507 e. The highest BCUT2D eigenvalue weighted by Gasteiger charge is 2.47. The molecule has 0 saturated carbocycles. The van der Waals surface area contributed by atoms with Crippen LogP contribution in [-0.2, 0) is 9.59 Å². The Balaban J connectivity index is 1.89. The molecule has 0 aliphatic carbocycles. The van der Waals surface area contributed by atoms with E-state index in [0.717, 1.165) is 0 Å². The van der Waals surface area contributed by atoms with Crippen molar-refractivity contribution in [1.29, 1.82) is 5.26 Å². The summed E-state index contributed by atoms with van der Waals surface area (Å²) in [6, 6.07) is 21.2. The Labute approximate surface area is 203 Å². The Morgan fingerprint density at radius 3 is 2.26 bits per heavy atom. The van der Waals surface area contributed by atoms with Crippen molar-refractivity contribution in [2.75, 3.05) is 12.0 Å². The predicted octanol–water partition coefficient (Wildman–Crippen LogP) is 4.98. The van der Waals surface area contributed by atoms with Crippen LogP contribution in [0.3, 0.4) is 0 Å². The van der Waals surface area contributed by atoms with Crippen LogP contribution in [0, 0.1) is 11.3 Å². The van der Waals surface area contributed by atoms with E-state index in [4.69, 9.17) is 14.7 Å². The van der Waals surface area contributed by atoms with E-state index in [0.29, 0.717) is 33.9 Å². The second kappa shape index (κ2) is 9.74. The first kappa shape index (κ1) is 23.6. The predicted molar refractivity (Wildman–Crippen MR) is 131 cm³/mol. The Hall–Kier alpha value is -4.57. The minimum Gasteiger partial charge on any atom is -0.507 e. The van der Waals surface area contributed by atoms with Gasteiger partial charge in [0.05, 0.1) is 36.5 Å². The first-order chi connectivity index (χ1) is 16.8. The van der Waals surface area contributed by atoms with Gasteiger partial charge in [-0.1, -0.05) is 18.2 Å². The maximum Gasteiger partial charge on any atom is 0.300 e. The van der Waals surface area contributed by atoms with Crippen LogP contribution in [0.2, 0.25) is 0 Å². The molecule has 0 aromatic heterocycles. The number of carbonyl (C=O) groups excluding carboxylic acids is 2. The van der Waals surface area contributed by atoms with Gasteiger partial charge >= 0.3 is 0 Å². The van der Waals surface area contributed by atoms with Crippen molar-refractivity contribution in [2.24, 2.45) is 0 Å². The van der Waals surface area contributed by atoms with Gasteiger partial charge in [-0.25, -0.2) is 0 Å². The highest BCUT2D eigenvalue weighted by atomic mass is 16.5. The van der Waals surface area contributed by atoms with Gasteiger partial charge in [-0.15, -0.1) is 0 Å². The number of anilines is 1. The van der Waals surface area contributed by atoms with E-state index in [2.05, 4.69) is 0 Å². The normalized spacial score (nSPS) is 16.9. The Bertz CT molecular complexity index is 1340. The van der Waals surface area contributed by atoms with Crippen LogP contribution in [0.4, 0.5) is 5.69 Å². The summed E-state index contributed by atoms with van der Waals surface area (Å²) in [6.45, 7) is 3.82. The molecule has 1 saturated heterocycles. The number of rotatable bonds is 6. The third-order valence-electron chi connectivity index (χ3n) is 5.65. The van der Waals surface area contributed by atoms with Crippen LogP contribution < -0.4 is 14.4 Å². The summed E-state index contributed by atoms with van der Waals surface area (Å²) in [6.07, 6.45) is -0.0160. The van der Waals surface area contributed by atoms with E-state index in [9.17, 15) is 14.7 Å². The molecule has 3 aromatic rings. The van der Waals surface area contributed by atoms with E-state index in [-0.39, 0.29) is 17.4 Å². The van der Waals surface area contributed by atoms with Gasteiger partial charge in [0.25, 0.3) is 11.7 Å². The van der Waals surface area contributed by atoms with Crippen LogP contribution in [0.15, 0.2) is 78.4 Å². The van der Waals surface area contributed by atoms with Crippen LogP contribution in [0.25, 0.3) is 5.76 Å². The molecule has 1 atom stereocenters. The van der Waals surface area contributed by atoms with Gasteiger partial charge in [-0.05, 0) is 68.4 Å². The molecule has 0 bridgehead atoms. The third kappa shape index (κ3) is 4.46. The Morgan fingerprint density at radius 2 is 1.66 bits per heavy atom. The zero-order valence-corrected chi connectivity index (χ0v) is 19.6. The van der Waals surface area contributed by atoms with Crippen molar-refractivity contribution in [3.8, 4) is 17.6 Å². The van der Waals surface area contributed by atoms with Crippen LogP contribution >= 0.6 is 0 Å². The number of nitriles is 1. The number of ether oxygens (including phenoxy) is 2. The molecular weight excluding hydrogens is 444 g/mol. The minimum atomic E-state index is -0.939. The standard InChI is InChI=1S/C28H24N2O5/c1-17(2)35-21-14-10-19(11-15-21)26(31)24-25(22-6-4-5-7-23(22)34-3)30(28(33)27(24)32)20-12-8-18(16-29)9-13-20/h4-15,17,25,31H,1-3H3/b26-24-. The number of para-hydroxylation sites is 1. The molecule has 3 aromatic carbocycles. The number of carbonyl (C=O) groups is 2. The number of ketones is 1. The molecule has 176 valence electrons. The number of nitrogens with zero attached hydrogens (tertiary/aromatic N) is 2. The summed E-state index contributed by atoms with van der Waals surface area (Å²) in [5.74, 6) is -0.816. The summed E-state index contributed by atoms with van der Waals surface area (Å²) >= 11 is 0. The molecule has 1 N–H and O–H groups in total. The van der Waals surface area contributed by atoms with Gasteiger partial charge in [0.2, 0.25) is 0 Å². The third-order valence-corrected chi connectivity index (χ3v) is 5.65. The number of aliphatic hydroxyl groups is 1. The molecule has 35 heavy (non-hydrogen) atoms. The molecule has 1 unspecified atom stereocenters. The monoisotopic (exact) mass is 468 g/mol. The van der Waals surface area contributed by atoms with Crippen LogP contribution in [0.5, 0.6) is 11.5 Å². The molecular formula is C28H24N2O5. The molecule has 0 radical (unpaired) electrons. The van der Waals surface area contributed by atoms with E-state index in [1.54, 1.807) is 72.8 Å². The number of hydrogen-bond acceptors (Lipinski definition) is 6. The topological polar surface area (TPSA) is 99.9 Å². The highest BCUT2D eigenvalue weighted by Crippen LogP contribution is 2.44. The number of aliphatic hydroxyl groups excluding tert-OH is 1. The van der Waals surface area contributed by atoms with Gasteiger partial charge in [-0.2, -0.15) is 5.26 Å². The van der Waals surface area contributed by atoms with E-state index in [1.165, 1.54) is 12.0 Å². The fourth-order valence-corrected chi connectivity index (χ4v) is 4.10. The second-order valence-electron chi connectivity index (χ2n) is 8.26. The van der Waals surface area contributed by atoms with Crippen molar-refractivity contribution in [1.82, 2.24) is 0 Å². The highest BCUT2D eigenvalue weighted by molar-refractivity contribution is 6.51. The van der Waals surface area contributed by atoms with Gasteiger partial charge in [0, 0.05) is 16.8 Å². The minimum absolute atomic E-state index is 0.0160. The van der Waals surface area contributed by atoms with Crippen molar-refractivity contribution >= 4 is 23.1 Å². The Morgan fingerprint density at radius 1 is 1.00 bits per heavy atom. The van der Waals surface area contributed by atoms with Crippen molar-refractivity contribution in [3.63, 3.8) is 0 Å². The molecule has 7 nitrogen and oxygen atoms in total. The van der Waals surface area contributed by atoms with Gasteiger partial charge < -0.3 is 14.6 Å². The molecule has 1 heterocycles. The van der Waals surface area contributed by atoms with Crippen LogP contribution in [0.1, 0.15) is 36.6 Å². The molecule has 1 amide bonds. The molecule has 1 aliphatic heterocycles. The summed E-state index contributed by atoms with van der Waals surface area (Å²) in [5.41, 5.74) is 1.70. The number of hydrogen-bond donors (Lipinski definition) is 1. The first-order valence-electron chi connectivity index (χ1n) is 11.1. The second-order valence-corrected chi connectivity index (χ2v) is 8.26. The SMILES string of the molecule is COc1ccccc1C1/C(=C(/O)c2ccc(OC(C)C)cc2)C(=O)C(=O)N1c1ccc(C#N)cc1. The lowest BCUT2D eigenvalue weighted by atomic mass is 9.94. The molecule has 1 fully saturated rings. The van der Waals surface area contributed by atoms with Gasteiger partial charge in [0.1, 0.15) is 17.3 Å². The lowest BCUT2D eigenvalue weighted by molar-refractivity contribution is -0.132. The molecule has 4 rings (SSSR count). The summed E-state index contributed by atoms with van der Waals surface area (Å²) in [5, 5.41) is 20.4. The average Bonchev–Trinajstić information content (AvgIpc) is 3.13. The summed E-state index contributed by atoms with van der Waals surface area (Å²) in [7, 11) is 1.50. The van der Waals surface area contributed by atoms with Crippen LogP contribution in [-0.4, -0.2) is 30.0 Å². The fraction of sp³-hybridized carbons (Fsp3) is 0.179. The zero-order valence-electron chi connectivity index (χ0n) is 19.6. The number of benzene rings is 3. The van der Waals surface area contributed by atoms with Crippen molar-refractivity contribution in [2.45, 2.75) is 26.0 Å². The summed E-state index contributed by atoms with van der Waals surface area (Å²) in [4.78, 5) is 27.9. The maximum atomic E-state index is 13.3. The van der Waals surface area contributed by atoms with Gasteiger partial charge in [-0.3, -0.25) is 14.5 Å². The number of amides is 1. The lowest BCUT2D eigenvalue weighted by Gasteiger charge is -2.26. The van der Waals surface area contributed by atoms with E-state index >= 15 is 0 Å². The van der Waals surface area contributed by atoms with Crippen molar-refractivity contribution in [3.05, 3.63) is 95.1 Å². The fourth-order valence-electron chi connectivity index (χ4n) is 4.10. The quantitative estimate of drug-likeness (QED) is 0.311. The smallest absolute Gasteiger partial charge is 0.300 e. The summed E-state index contributed by atoms with van der Waals surface area (Å²) < 4.78 is 11.2. The lowest BCUT2D eigenvalue weighted by Crippen LogP contribution is -2.29. The molecule has 1 aliphatic rings. The molecule has 7 heteroatoms. The van der Waals surface area contributed by atoms with E-state index < -0.39 is 17.7 Å². The number of Topliss-reactive ketones (excluding diaryl/α,β-unsaturated/α-hetero) is 1. The van der Waals surface area contributed by atoms with Crippen molar-refractivity contribution < 1.29 is 24.2 Å². The number of methoxy groups -OCH3 is 1.